The third-order valence-electron chi connectivity index (χ3n) is 5.74. The second-order valence-corrected chi connectivity index (χ2v) is 7.86. The molecule has 32 heavy (non-hydrogen) atoms. The first-order valence-corrected chi connectivity index (χ1v) is 10.9. The molecule has 2 fully saturated rings. The Hall–Kier alpha value is -3.59. The highest BCUT2D eigenvalue weighted by Gasteiger charge is 2.16. The lowest BCUT2D eigenvalue weighted by Crippen LogP contribution is -2.37. The fourth-order valence-electron chi connectivity index (χ4n) is 3.95. The average Bonchev–Trinajstić information content (AvgIpc) is 3.40. The van der Waals surface area contributed by atoms with Gasteiger partial charge in [0.1, 0.15) is 17.8 Å². The molecule has 2 aliphatic heterocycles. The molecular formula is C23H25N7O2. The molecule has 0 bridgehead atoms. The van der Waals surface area contributed by atoms with Gasteiger partial charge in [0, 0.05) is 43.5 Å². The predicted octanol–water partition coefficient (Wildman–Crippen LogP) is 2.62. The molecule has 2 saturated heterocycles. The highest BCUT2D eigenvalue weighted by molar-refractivity contribution is 6.03. The van der Waals surface area contributed by atoms with Crippen LogP contribution in [0.15, 0.2) is 48.8 Å². The van der Waals surface area contributed by atoms with Crippen LogP contribution in [-0.4, -0.2) is 65.5 Å². The molecule has 0 aliphatic carbocycles. The SMILES string of the molecule is O=C(Nc1ccc(-c2ccc(N3CCCC3)nn2)cc1)c1cc(N2CCOCC2)ncn1. The van der Waals surface area contributed by atoms with Crippen LogP contribution in [0.1, 0.15) is 23.3 Å². The van der Waals surface area contributed by atoms with Crippen molar-refractivity contribution >= 4 is 23.2 Å². The second kappa shape index (κ2) is 9.27. The maximum absolute atomic E-state index is 12.7. The summed E-state index contributed by atoms with van der Waals surface area (Å²) in [7, 11) is 0. The van der Waals surface area contributed by atoms with Crippen LogP contribution in [0.25, 0.3) is 11.3 Å². The molecule has 0 spiro atoms. The van der Waals surface area contributed by atoms with E-state index in [1.165, 1.54) is 19.2 Å². The Kier molecular flexibility index (Phi) is 5.89. The molecule has 0 atom stereocenters. The Morgan fingerprint density at radius 2 is 1.59 bits per heavy atom. The normalized spacial score (nSPS) is 16.2. The van der Waals surface area contributed by atoms with Crippen LogP contribution in [0.3, 0.4) is 0 Å². The van der Waals surface area contributed by atoms with Crippen molar-refractivity contribution < 1.29 is 9.53 Å². The van der Waals surface area contributed by atoms with Gasteiger partial charge in [0.15, 0.2) is 5.82 Å². The van der Waals surface area contributed by atoms with Gasteiger partial charge in [-0.1, -0.05) is 12.1 Å². The molecule has 5 rings (SSSR count). The molecule has 164 valence electrons. The summed E-state index contributed by atoms with van der Waals surface area (Å²) >= 11 is 0. The van der Waals surface area contributed by atoms with Crippen LogP contribution in [0.4, 0.5) is 17.3 Å². The highest BCUT2D eigenvalue weighted by atomic mass is 16.5. The Bertz CT molecular complexity index is 1060. The zero-order valence-electron chi connectivity index (χ0n) is 17.8. The van der Waals surface area contributed by atoms with E-state index >= 15 is 0 Å². The summed E-state index contributed by atoms with van der Waals surface area (Å²) in [4.78, 5) is 25.5. The summed E-state index contributed by atoms with van der Waals surface area (Å²) in [6.45, 7) is 4.90. The number of nitrogens with zero attached hydrogens (tertiary/aromatic N) is 6. The number of aromatic nitrogens is 4. The van der Waals surface area contributed by atoms with Crippen LogP contribution in [0.5, 0.6) is 0 Å². The number of morpholine rings is 1. The Morgan fingerprint density at radius 1 is 0.844 bits per heavy atom. The van der Waals surface area contributed by atoms with Gasteiger partial charge in [-0.3, -0.25) is 4.79 Å². The van der Waals surface area contributed by atoms with E-state index in [0.717, 1.165) is 49.1 Å². The van der Waals surface area contributed by atoms with Crippen LogP contribution in [-0.2, 0) is 4.74 Å². The lowest BCUT2D eigenvalue weighted by molar-refractivity contribution is 0.102. The summed E-state index contributed by atoms with van der Waals surface area (Å²) in [5, 5.41) is 11.6. The zero-order chi connectivity index (χ0) is 21.8. The zero-order valence-corrected chi connectivity index (χ0v) is 17.8. The van der Waals surface area contributed by atoms with Crippen LogP contribution in [0, 0.1) is 0 Å². The monoisotopic (exact) mass is 431 g/mol. The molecule has 4 heterocycles. The van der Waals surface area contributed by atoms with E-state index in [-0.39, 0.29) is 5.91 Å². The molecule has 9 heteroatoms. The van der Waals surface area contributed by atoms with E-state index in [0.29, 0.717) is 24.6 Å². The topological polar surface area (TPSA) is 96.4 Å². The number of hydrogen-bond donors (Lipinski definition) is 1. The molecule has 0 unspecified atom stereocenters. The predicted molar refractivity (Wildman–Crippen MR) is 122 cm³/mol. The van der Waals surface area contributed by atoms with E-state index in [9.17, 15) is 4.79 Å². The van der Waals surface area contributed by atoms with E-state index in [1.807, 2.05) is 36.4 Å². The largest absolute Gasteiger partial charge is 0.378 e. The fraction of sp³-hybridized carbons (Fsp3) is 0.348. The Morgan fingerprint density at radius 3 is 2.31 bits per heavy atom. The van der Waals surface area contributed by atoms with Crippen molar-refractivity contribution in [1.82, 2.24) is 20.2 Å². The van der Waals surface area contributed by atoms with Gasteiger partial charge in [0.05, 0.1) is 18.9 Å². The lowest BCUT2D eigenvalue weighted by Gasteiger charge is -2.27. The number of carbonyl (C=O) groups excluding carboxylic acids is 1. The van der Waals surface area contributed by atoms with Gasteiger partial charge in [-0.2, -0.15) is 0 Å². The third-order valence-corrected chi connectivity index (χ3v) is 5.74. The van der Waals surface area contributed by atoms with Crippen LogP contribution >= 0.6 is 0 Å². The van der Waals surface area contributed by atoms with Gasteiger partial charge in [-0.25, -0.2) is 9.97 Å². The molecule has 1 N–H and O–H groups in total. The van der Waals surface area contributed by atoms with Gasteiger partial charge >= 0.3 is 0 Å². The number of ether oxygens (including phenoxy) is 1. The number of amides is 1. The molecular weight excluding hydrogens is 406 g/mol. The molecule has 1 aromatic carbocycles. The minimum Gasteiger partial charge on any atom is -0.378 e. The van der Waals surface area contributed by atoms with Gasteiger partial charge in [-0.05, 0) is 37.1 Å². The first-order chi connectivity index (χ1) is 15.8. The summed E-state index contributed by atoms with van der Waals surface area (Å²) in [5.41, 5.74) is 2.76. The first kappa shape index (κ1) is 20.3. The van der Waals surface area contributed by atoms with Crippen molar-refractivity contribution in [3.8, 4) is 11.3 Å². The average molecular weight is 432 g/mol. The van der Waals surface area contributed by atoms with Gasteiger partial charge in [-0.15, -0.1) is 10.2 Å². The quantitative estimate of drug-likeness (QED) is 0.659. The molecule has 1 amide bonds. The Labute approximate surface area is 186 Å². The number of nitrogens with one attached hydrogen (secondary N) is 1. The molecule has 0 radical (unpaired) electrons. The van der Waals surface area contributed by atoms with E-state index < -0.39 is 0 Å². The lowest BCUT2D eigenvalue weighted by atomic mass is 10.1. The van der Waals surface area contributed by atoms with Gasteiger partial charge in [0.2, 0.25) is 0 Å². The molecule has 0 saturated carbocycles. The summed E-state index contributed by atoms with van der Waals surface area (Å²) < 4.78 is 5.37. The van der Waals surface area contributed by atoms with Crippen LogP contribution in [0.2, 0.25) is 0 Å². The Balaban J connectivity index is 1.24. The highest BCUT2D eigenvalue weighted by Crippen LogP contribution is 2.23. The van der Waals surface area contributed by atoms with Crippen molar-refractivity contribution in [2.75, 3.05) is 54.5 Å². The maximum Gasteiger partial charge on any atom is 0.274 e. The molecule has 3 aromatic rings. The third kappa shape index (κ3) is 4.52. The van der Waals surface area contributed by atoms with Crippen molar-refractivity contribution in [3.63, 3.8) is 0 Å². The standard InChI is InChI=1S/C23H25N7O2/c31-23(20-15-22(25-16-24-20)30-11-13-32-14-12-30)26-18-5-3-17(4-6-18)19-7-8-21(28-27-19)29-9-1-2-10-29/h3-8,15-16H,1-2,9-14H2,(H,26,31). The number of anilines is 3. The van der Waals surface area contributed by atoms with E-state index in [2.05, 4.69) is 35.3 Å². The second-order valence-electron chi connectivity index (χ2n) is 7.86. The van der Waals surface area contributed by atoms with Crippen molar-refractivity contribution in [2.45, 2.75) is 12.8 Å². The molecule has 9 nitrogen and oxygen atoms in total. The molecule has 2 aliphatic rings. The first-order valence-electron chi connectivity index (χ1n) is 10.9. The van der Waals surface area contributed by atoms with E-state index in [4.69, 9.17) is 4.74 Å². The van der Waals surface area contributed by atoms with Crippen molar-refractivity contribution in [2.24, 2.45) is 0 Å². The minimum atomic E-state index is -0.274. The number of carbonyl (C=O) groups is 1. The number of hydrogen-bond acceptors (Lipinski definition) is 8. The van der Waals surface area contributed by atoms with E-state index in [1.54, 1.807) is 6.07 Å². The number of benzene rings is 1. The summed E-state index contributed by atoms with van der Waals surface area (Å²) in [6.07, 6.45) is 3.84. The van der Waals surface area contributed by atoms with Crippen LogP contribution < -0.4 is 15.1 Å². The maximum atomic E-state index is 12.7. The summed E-state index contributed by atoms with van der Waals surface area (Å²) in [5.74, 6) is 1.39. The fourth-order valence-corrected chi connectivity index (χ4v) is 3.95. The number of rotatable bonds is 5. The van der Waals surface area contributed by atoms with Gasteiger partial charge < -0.3 is 19.9 Å². The molecule has 2 aromatic heterocycles. The van der Waals surface area contributed by atoms with Crippen molar-refractivity contribution in [1.29, 1.82) is 0 Å². The summed E-state index contributed by atoms with van der Waals surface area (Å²) in [6, 6.07) is 13.3. The smallest absolute Gasteiger partial charge is 0.274 e. The van der Waals surface area contributed by atoms with Gasteiger partial charge in [0.25, 0.3) is 5.91 Å². The minimum absolute atomic E-state index is 0.274. The van der Waals surface area contributed by atoms with Crippen molar-refractivity contribution in [3.05, 3.63) is 54.5 Å².